The van der Waals surface area contributed by atoms with E-state index in [2.05, 4.69) is 5.32 Å². The van der Waals surface area contributed by atoms with Crippen LogP contribution in [-0.2, 0) is 4.79 Å². The summed E-state index contributed by atoms with van der Waals surface area (Å²) in [5, 5.41) is 14.0. The minimum atomic E-state index is -0.978. The van der Waals surface area contributed by atoms with Crippen molar-refractivity contribution >= 4 is 23.0 Å². The monoisotopic (exact) mass is 303 g/mol. The van der Waals surface area contributed by atoms with E-state index in [1.807, 2.05) is 0 Å². The largest absolute Gasteiger partial charge is 0.503 e. The zero-order valence-electron chi connectivity index (χ0n) is 10.7. The molecule has 0 saturated heterocycles. The zero-order chi connectivity index (χ0) is 15.0. The molecule has 6 heteroatoms. The maximum absolute atomic E-state index is 13.9. The number of benzene rings is 1. The molecule has 1 aliphatic rings. The van der Waals surface area contributed by atoms with E-state index >= 15 is 0 Å². The molecule has 1 amide bonds. The highest BCUT2D eigenvalue weighted by atomic mass is 32.1. The van der Waals surface area contributed by atoms with Gasteiger partial charge in [0.2, 0.25) is 5.78 Å². The molecular weight excluding hydrogens is 293 g/mol. The van der Waals surface area contributed by atoms with Crippen molar-refractivity contribution in [3.63, 3.8) is 0 Å². The summed E-state index contributed by atoms with van der Waals surface area (Å²) in [6, 6.07) is 8.14. The number of carbonyl (C=O) groups is 2. The fourth-order valence-corrected chi connectivity index (χ4v) is 2.93. The van der Waals surface area contributed by atoms with Gasteiger partial charge in [-0.2, -0.15) is 0 Å². The van der Waals surface area contributed by atoms with E-state index in [-0.39, 0.29) is 11.1 Å². The standard InChI is InChI=1S/C15H10FNO3S/c16-9-5-2-1-4-8(9)12-11(14(19)15(20)17-12)13(18)10-6-3-7-21-10/h1-7,12,19H,(H,17,20). The van der Waals surface area contributed by atoms with Crippen LogP contribution in [0.1, 0.15) is 21.3 Å². The van der Waals surface area contributed by atoms with Crippen LogP contribution in [-0.4, -0.2) is 16.8 Å². The van der Waals surface area contributed by atoms with Crippen LogP contribution in [0.5, 0.6) is 0 Å². The third kappa shape index (κ3) is 2.23. The van der Waals surface area contributed by atoms with Gasteiger partial charge in [-0.25, -0.2) is 4.39 Å². The first-order chi connectivity index (χ1) is 10.1. The van der Waals surface area contributed by atoms with Gasteiger partial charge >= 0.3 is 0 Å². The van der Waals surface area contributed by atoms with Gasteiger partial charge in [0, 0.05) is 5.56 Å². The highest BCUT2D eigenvalue weighted by Gasteiger charge is 2.38. The summed E-state index contributed by atoms with van der Waals surface area (Å²) in [6.07, 6.45) is 0. The Bertz CT molecular complexity index is 752. The van der Waals surface area contributed by atoms with Crippen molar-refractivity contribution in [2.24, 2.45) is 0 Å². The van der Waals surface area contributed by atoms with Crippen LogP contribution in [0.2, 0.25) is 0 Å². The number of Topliss-reactive ketones (excluding diaryl/α,β-unsaturated/α-hetero) is 1. The molecule has 4 nitrogen and oxygen atoms in total. The van der Waals surface area contributed by atoms with Crippen LogP contribution in [0, 0.1) is 5.82 Å². The fraction of sp³-hybridized carbons (Fsp3) is 0.0667. The van der Waals surface area contributed by atoms with E-state index in [1.54, 1.807) is 23.6 Å². The Morgan fingerprint density at radius 1 is 1.24 bits per heavy atom. The second-order valence-electron chi connectivity index (χ2n) is 4.50. The third-order valence-electron chi connectivity index (χ3n) is 3.24. The summed E-state index contributed by atoms with van der Waals surface area (Å²) in [7, 11) is 0. The molecule has 3 rings (SSSR count). The molecule has 0 saturated carbocycles. The predicted molar refractivity (Wildman–Crippen MR) is 75.6 cm³/mol. The molecule has 2 N–H and O–H groups in total. The number of rotatable bonds is 3. The first kappa shape index (κ1) is 13.5. The van der Waals surface area contributed by atoms with E-state index < -0.39 is 29.3 Å². The number of thiophene rings is 1. The Kier molecular flexibility index (Phi) is 3.31. The Balaban J connectivity index is 2.08. The SMILES string of the molecule is O=C1NC(c2ccccc2F)C(C(=O)c2cccs2)=C1O. The van der Waals surface area contributed by atoms with Gasteiger partial charge < -0.3 is 10.4 Å². The topological polar surface area (TPSA) is 66.4 Å². The average Bonchev–Trinajstić information content (AvgIpc) is 3.09. The number of aliphatic hydroxyl groups is 1. The van der Waals surface area contributed by atoms with Gasteiger partial charge in [-0.05, 0) is 17.5 Å². The molecule has 2 aromatic rings. The van der Waals surface area contributed by atoms with Gasteiger partial charge in [0.1, 0.15) is 5.82 Å². The minimum Gasteiger partial charge on any atom is -0.503 e. The molecule has 1 aromatic heterocycles. The number of nitrogens with one attached hydrogen (secondary N) is 1. The smallest absolute Gasteiger partial charge is 0.287 e. The van der Waals surface area contributed by atoms with E-state index in [0.29, 0.717) is 4.88 Å². The molecule has 21 heavy (non-hydrogen) atoms. The summed E-state index contributed by atoms with van der Waals surface area (Å²) in [5.74, 6) is -2.45. The zero-order valence-corrected chi connectivity index (χ0v) is 11.5. The number of halogens is 1. The van der Waals surface area contributed by atoms with Crippen molar-refractivity contribution in [1.82, 2.24) is 5.32 Å². The van der Waals surface area contributed by atoms with Gasteiger partial charge in [-0.1, -0.05) is 24.3 Å². The maximum Gasteiger partial charge on any atom is 0.287 e. The second kappa shape index (κ2) is 5.14. The van der Waals surface area contributed by atoms with Crippen molar-refractivity contribution in [2.45, 2.75) is 6.04 Å². The molecule has 1 atom stereocenters. The quantitative estimate of drug-likeness (QED) is 0.857. The van der Waals surface area contributed by atoms with Crippen LogP contribution in [0.3, 0.4) is 0 Å². The van der Waals surface area contributed by atoms with Crippen LogP contribution in [0.25, 0.3) is 0 Å². The highest BCUT2D eigenvalue weighted by Crippen LogP contribution is 2.33. The second-order valence-corrected chi connectivity index (χ2v) is 5.44. The number of hydrogen-bond donors (Lipinski definition) is 2. The lowest BCUT2D eigenvalue weighted by Crippen LogP contribution is -2.24. The van der Waals surface area contributed by atoms with E-state index in [0.717, 1.165) is 0 Å². The molecule has 0 bridgehead atoms. The number of hydrogen-bond acceptors (Lipinski definition) is 4. The van der Waals surface area contributed by atoms with Gasteiger partial charge in [-0.15, -0.1) is 11.3 Å². The van der Waals surface area contributed by atoms with Crippen molar-refractivity contribution < 1.29 is 19.1 Å². The number of carbonyl (C=O) groups excluding carboxylic acids is 2. The normalized spacial score (nSPS) is 18.0. The van der Waals surface area contributed by atoms with Crippen LogP contribution in [0.4, 0.5) is 4.39 Å². The third-order valence-corrected chi connectivity index (χ3v) is 4.11. The molecule has 2 heterocycles. The lowest BCUT2D eigenvalue weighted by molar-refractivity contribution is -0.119. The van der Waals surface area contributed by atoms with E-state index in [9.17, 15) is 19.1 Å². The summed E-state index contributed by atoms with van der Waals surface area (Å²) in [5.41, 5.74) is 0.0300. The fourth-order valence-electron chi connectivity index (χ4n) is 2.25. The van der Waals surface area contributed by atoms with Crippen molar-refractivity contribution in [3.8, 4) is 0 Å². The van der Waals surface area contributed by atoms with Gasteiger partial charge in [-0.3, -0.25) is 9.59 Å². The van der Waals surface area contributed by atoms with Gasteiger partial charge in [0.25, 0.3) is 5.91 Å². The molecule has 1 aromatic carbocycles. The summed E-state index contributed by atoms with van der Waals surface area (Å²) >= 11 is 1.19. The molecular formula is C15H10FNO3S. The summed E-state index contributed by atoms with van der Waals surface area (Å²) < 4.78 is 13.9. The number of aliphatic hydroxyl groups excluding tert-OH is 1. The molecule has 106 valence electrons. The molecule has 0 spiro atoms. The van der Waals surface area contributed by atoms with Crippen molar-refractivity contribution in [3.05, 3.63) is 69.4 Å². The minimum absolute atomic E-state index is 0.118. The van der Waals surface area contributed by atoms with E-state index in [1.165, 1.54) is 29.5 Å². The lowest BCUT2D eigenvalue weighted by atomic mass is 9.96. The first-order valence-corrected chi connectivity index (χ1v) is 7.04. The molecule has 1 aliphatic heterocycles. The molecule has 0 aliphatic carbocycles. The van der Waals surface area contributed by atoms with Gasteiger partial charge in [0.15, 0.2) is 5.76 Å². The Morgan fingerprint density at radius 3 is 2.67 bits per heavy atom. The Hall–Kier alpha value is -2.47. The summed E-state index contributed by atoms with van der Waals surface area (Å²) in [6.45, 7) is 0. The van der Waals surface area contributed by atoms with Gasteiger partial charge in [0.05, 0.1) is 16.5 Å². The van der Waals surface area contributed by atoms with Crippen LogP contribution >= 0.6 is 11.3 Å². The lowest BCUT2D eigenvalue weighted by Gasteiger charge is -2.14. The molecule has 0 fully saturated rings. The number of amides is 1. The van der Waals surface area contributed by atoms with Crippen LogP contribution < -0.4 is 5.32 Å². The maximum atomic E-state index is 13.9. The first-order valence-electron chi connectivity index (χ1n) is 6.16. The molecule has 0 radical (unpaired) electrons. The summed E-state index contributed by atoms with van der Waals surface area (Å²) in [4.78, 5) is 24.5. The van der Waals surface area contributed by atoms with E-state index in [4.69, 9.17) is 0 Å². The molecule has 1 unspecified atom stereocenters. The number of ketones is 1. The van der Waals surface area contributed by atoms with Crippen LogP contribution in [0.15, 0.2) is 53.1 Å². The van der Waals surface area contributed by atoms with Crippen molar-refractivity contribution in [2.75, 3.05) is 0 Å². The average molecular weight is 303 g/mol. The van der Waals surface area contributed by atoms with Crippen molar-refractivity contribution in [1.29, 1.82) is 0 Å². The Labute approximate surface area is 123 Å². The highest BCUT2D eigenvalue weighted by molar-refractivity contribution is 7.12. The Morgan fingerprint density at radius 2 is 2.00 bits per heavy atom. The predicted octanol–water partition coefficient (Wildman–Crippen LogP) is 2.75.